The lowest BCUT2D eigenvalue weighted by Crippen LogP contribution is -2.50. The fourth-order valence-electron chi connectivity index (χ4n) is 5.33. The van der Waals surface area contributed by atoms with Crippen LogP contribution in [0.4, 0.5) is 10.5 Å². The van der Waals surface area contributed by atoms with E-state index in [9.17, 15) is 14.4 Å². The largest absolute Gasteiger partial charge is 0.343 e. The van der Waals surface area contributed by atoms with Gasteiger partial charge in [0, 0.05) is 63.3 Å². The van der Waals surface area contributed by atoms with Crippen LogP contribution in [-0.2, 0) is 16.0 Å². The molecule has 8 nitrogen and oxygen atoms in total. The number of nitrogens with zero attached hydrogens (tertiary/aromatic N) is 4. The molecular weight excluding hydrogens is 418 g/mol. The van der Waals surface area contributed by atoms with Crippen molar-refractivity contribution in [3.63, 3.8) is 0 Å². The Hall–Kier alpha value is -2.61. The Kier molecular flexibility index (Phi) is 7.53. The van der Waals surface area contributed by atoms with Crippen LogP contribution in [0.3, 0.4) is 0 Å². The Morgan fingerprint density at radius 1 is 0.909 bits per heavy atom. The molecule has 4 amide bonds. The van der Waals surface area contributed by atoms with Gasteiger partial charge < -0.3 is 24.9 Å². The number of rotatable bonds is 5. The van der Waals surface area contributed by atoms with Crippen molar-refractivity contribution < 1.29 is 14.4 Å². The first kappa shape index (κ1) is 23.5. The van der Waals surface area contributed by atoms with E-state index in [0.29, 0.717) is 25.7 Å². The van der Waals surface area contributed by atoms with Gasteiger partial charge in [-0.3, -0.25) is 9.59 Å². The fraction of sp³-hybridized carbons (Fsp3) is 0.640. The van der Waals surface area contributed by atoms with Crippen molar-refractivity contribution in [3.8, 4) is 0 Å². The molecule has 2 saturated heterocycles. The predicted molar refractivity (Wildman–Crippen MR) is 128 cm³/mol. The fourth-order valence-corrected chi connectivity index (χ4v) is 5.33. The van der Waals surface area contributed by atoms with Crippen molar-refractivity contribution in [2.75, 3.05) is 52.1 Å². The zero-order chi connectivity index (χ0) is 23.4. The number of amides is 4. The molecule has 0 radical (unpaired) electrons. The first-order chi connectivity index (χ1) is 15.9. The number of urea groups is 1. The zero-order valence-electron chi connectivity index (χ0n) is 20.0. The number of hydrogen-bond acceptors (Lipinski definition) is 4. The van der Waals surface area contributed by atoms with E-state index in [0.717, 1.165) is 56.4 Å². The Balaban J connectivity index is 1.20. The lowest BCUT2D eigenvalue weighted by molar-refractivity contribution is -0.138. The molecule has 3 heterocycles. The summed E-state index contributed by atoms with van der Waals surface area (Å²) in [5.41, 5.74) is 2.06. The molecular formula is C25H37N5O3. The average molecular weight is 456 g/mol. The monoisotopic (exact) mass is 455 g/mol. The average Bonchev–Trinajstić information content (AvgIpc) is 3.00. The quantitative estimate of drug-likeness (QED) is 0.740. The molecule has 0 unspecified atom stereocenters. The summed E-state index contributed by atoms with van der Waals surface area (Å²) >= 11 is 0. The number of nitrogens with one attached hydrogen (secondary N) is 1. The van der Waals surface area contributed by atoms with Gasteiger partial charge >= 0.3 is 6.03 Å². The van der Waals surface area contributed by atoms with Crippen LogP contribution in [0, 0.1) is 0 Å². The molecule has 2 fully saturated rings. The Morgan fingerprint density at radius 3 is 2.09 bits per heavy atom. The van der Waals surface area contributed by atoms with Crippen molar-refractivity contribution >= 4 is 23.5 Å². The van der Waals surface area contributed by atoms with Gasteiger partial charge in [-0.05, 0) is 57.8 Å². The van der Waals surface area contributed by atoms with Gasteiger partial charge in [0.25, 0.3) is 0 Å². The van der Waals surface area contributed by atoms with Crippen molar-refractivity contribution in [2.45, 2.75) is 57.0 Å². The van der Waals surface area contributed by atoms with Crippen LogP contribution in [0.2, 0.25) is 0 Å². The van der Waals surface area contributed by atoms with Crippen LogP contribution in [0.1, 0.15) is 44.1 Å². The van der Waals surface area contributed by atoms with E-state index < -0.39 is 0 Å². The minimum atomic E-state index is -0.0478. The number of likely N-dealkylation sites (tertiary alicyclic amines) is 2. The summed E-state index contributed by atoms with van der Waals surface area (Å²) in [5, 5.41) is 3.04. The Labute approximate surface area is 196 Å². The number of anilines is 1. The number of piperidine rings is 2. The maximum absolute atomic E-state index is 12.8. The van der Waals surface area contributed by atoms with E-state index in [1.165, 1.54) is 0 Å². The molecule has 4 rings (SSSR count). The van der Waals surface area contributed by atoms with E-state index in [2.05, 4.69) is 30.4 Å². The molecule has 1 aromatic rings. The molecule has 1 N–H and O–H groups in total. The maximum Gasteiger partial charge on any atom is 0.322 e. The normalized spacial score (nSPS) is 20.5. The molecule has 3 aliphatic heterocycles. The van der Waals surface area contributed by atoms with E-state index >= 15 is 0 Å². The molecule has 0 atom stereocenters. The van der Waals surface area contributed by atoms with E-state index in [1.807, 2.05) is 32.9 Å². The first-order valence-corrected chi connectivity index (χ1v) is 12.3. The van der Waals surface area contributed by atoms with Crippen molar-refractivity contribution in [1.82, 2.24) is 19.6 Å². The molecule has 0 bridgehead atoms. The summed E-state index contributed by atoms with van der Waals surface area (Å²) in [5.74, 6) is 0.147. The number of para-hydroxylation sites is 1. The molecule has 0 aromatic heterocycles. The van der Waals surface area contributed by atoms with Crippen LogP contribution in [0.25, 0.3) is 0 Å². The van der Waals surface area contributed by atoms with Crippen LogP contribution in [0.15, 0.2) is 24.3 Å². The number of carbonyl (C=O) groups excluding carboxylic acids is 3. The lowest BCUT2D eigenvalue weighted by atomic mass is 10.0. The predicted octanol–water partition coefficient (Wildman–Crippen LogP) is 2.40. The van der Waals surface area contributed by atoms with Crippen LogP contribution < -0.4 is 5.32 Å². The highest BCUT2D eigenvalue weighted by Crippen LogP contribution is 2.25. The highest BCUT2D eigenvalue weighted by atomic mass is 16.2. The molecule has 180 valence electrons. The highest BCUT2D eigenvalue weighted by Gasteiger charge is 2.31. The van der Waals surface area contributed by atoms with Gasteiger partial charge in [-0.15, -0.1) is 0 Å². The third-order valence-corrected chi connectivity index (χ3v) is 7.50. The van der Waals surface area contributed by atoms with Gasteiger partial charge in [-0.1, -0.05) is 18.2 Å². The van der Waals surface area contributed by atoms with E-state index in [4.69, 9.17) is 0 Å². The summed E-state index contributed by atoms with van der Waals surface area (Å²) in [6.45, 7) is 3.54. The highest BCUT2D eigenvalue weighted by molar-refractivity contribution is 5.91. The molecule has 0 spiro atoms. The summed E-state index contributed by atoms with van der Waals surface area (Å²) in [6, 6.07) is 8.58. The van der Waals surface area contributed by atoms with E-state index in [-0.39, 0.29) is 36.7 Å². The SMILES string of the molecule is CN(C)C1CCN(C(=O)CCC(=O)N2CCC(N3CCc4ccccc4NC3=O)CC2)CC1. The third-order valence-electron chi connectivity index (χ3n) is 7.50. The van der Waals surface area contributed by atoms with Gasteiger partial charge in [0.05, 0.1) is 0 Å². The zero-order valence-corrected chi connectivity index (χ0v) is 20.0. The second kappa shape index (κ2) is 10.5. The first-order valence-electron chi connectivity index (χ1n) is 12.3. The topological polar surface area (TPSA) is 76.2 Å². The molecule has 3 aliphatic rings. The minimum Gasteiger partial charge on any atom is -0.343 e. The van der Waals surface area contributed by atoms with Crippen LogP contribution in [0.5, 0.6) is 0 Å². The standard InChI is InChI=1S/C25H37N5O3/c1-27(2)20-10-14-28(15-11-20)23(31)7-8-24(32)29-16-12-21(13-17-29)30-18-9-19-5-3-4-6-22(19)26-25(30)33/h3-6,20-21H,7-18H2,1-2H3,(H,26,33). The van der Waals surface area contributed by atoms with E-state index in [1.54, 1.807) is 0 Å². The number of carbonyl (C=O) groups is 3. The van der Waals surface area contributed by atoms with Crippen LogP contribution in [-0.4, -0.2) is 96.3 Å². The molecule has 33 heavy (non-hydrogen) atoms. The lowest BCUT2D eigenvalue weighted by Gasteiger charge is -2.38. The smallest absolute Gasteiger partial charge is 0.322 e. The Morgan fingerprint density at radius 2 is 1.48 bits per heavy atom. The molecule has 0 aliphatic carbocycles. The third kappa shape index (κ3) is 5.66. The molecule has 1 aromatic carbocycles. The number of hydrogen-bond donors (Lipinski definition) is 1. The van der Waals surface area contributed by atoms with Gasteiger partial charge in [-0.25, -0.2) is 4.79 Å². The summed E-state index contributed by atoms with van der Waals surface area (Å²) in [6.07, 6.45) is 4.95. The summed E-state index contributed by atoms with van der Waals surface area (Å²) in [7, 11) is 4.17. The summed E-state index contributed by atoms with van der Waals surface area (Å²) < 4.78 is 0. The van der Waals surface area contributed by atoms with Gasteiger partial charge in [0.1, 0.15) is 0 Å². The minimum absolute atomic E-state index is 0.0478. The number of benzene rings is 1. The Bertz CT molecular complexity index is 857. The van der Waals surface area contributed by atoms with Crippen molar-refractivity contribution in [3.05, 3.63) is 29.8 Å². The van der Waals surface area contributed by atoms with Gasteiger partial charge in [-0.2, -0.15) is 0 Å². The van der Waals surface area contributed by atoms with Gasteiger partial charge in [0.15, 0.2) is 0 Å². The second-order valence-electron chi connectivity index (χ2n) is 9.72. The van der Waals surface area contributed by atoms with Crippen LogP contribution >= 0.6 is 0 Å². The molecule has 8 heteroatoms. The second-order valence-corrected chi connectivity index (χ2v) is 9.72. The van der Waals surface area contributed by atoms with Crippen molar-refractivity contribution in [1.29, 1.82) is 0 Å². The maximum atomic E-state index is 12.8. The molecule has 0 saturated carbocycles. The number of fused-ring (bicyclic) bond motifs is 1. The van der Waals surface area contributed by atoms with Gasteiger partial charge in [0.2, 0.25) is 11.8 Å². The summed E-state index contributed by atoms with van der Waals surface area (Å²) in [4.78, 5) is 46.0. The van der Waals surface area contributed by atoms with Crippen molar-refractivity contribution in [2.24, 2.45) is 0 Å².